The van der Waals surface area contributed by atoms with Crippen molar-refractivity contribution in [1.29, 1.82) is 0 Å². The first-order chi connectivity index (χ1) is 11.1. The van der Waals surface area contributed by atoms with Gasteiger partial charge in [0.15, 0.2) is 0 Å². The summed E-state index contributed by atoms with van der Waals surface area (Å²) in [5.74, 6) is 0.783. The Balaban J connectivity index is 1.70. The molecule has 1 unspecified atom stereocenters. The normalized spacial score (nSPS) is 12.5. The van der Waals surface area contributed by atoms with Gasteiger partial charge in [-0.2, -0.15) is 0 Å². The van der Waals surface area contributed by atoms with Gasteiger partial charge in [-0.1, -0.05) is 18.2 Å². The summed E-state index contributed by atoms with van der Waals surface area (Å²) in [6.45, 7) is 4.21. The van der Waals surface area contributed by atoms with Gasteiger partial charge in [-0.15, -0.1) is 11.3 Å². The van der Waals surface area contributed by atoms with E-state index >= 15 is 0 Å². The van der Waals surface area contributed by atoms with Gasteiger partial charge in [0.25, 0.3) is 5.56 Å². The minimum absolute atomic E-state index is 0.125. The van der Waals surface area contributed by atoms with Gasteiger partial charge < -0.3 is 9.84 Å². The van der Waals surface area contributed by atoms with E-state index in [1.165, 1.54) is 22.2 Å². The summed E-state index contributed by atoms with van der Waals surface area (Å²) < 4.78 is 7.15. The molecule has 1 atom stereocenters. The minimum Gasteiger partial charge on any atom is -0.490 e. The van der Waals surface area contributed by atoms with E-state index in [4.69, 9.17) is 4.74 Å². The number of nitrogens with zero attached hydrogens (tertiary/aromatic N) is 2. The number of ether oxygens (including phenoxy) is 1. The van der Waals surface area contributed by atoms with E-state index < -0.39 is 6.10 Å². The topological polar surface area (TPSA) is 64.3 Å². The largest absolute Gasteiger partial charge is 0.490 e. The van der Waals surface area contributed by atoms with E-state index in [1.807, 2.05) is 37.4 Å². The summed E-state index contributed by atoms with van der Waals surface area (Å²) >= 11 is 1.43. The van der Waals surface area contributed by atoms with Crippen molar-refractivity contribution in [2.45, 2.75) is 26.5 Å². The SMILES string of the molecule is Cc1cccc(C)c1OCC(O)Cn1cnc2sccc2c1=O. The van der Waals surface area contributed by atoms with Gasteiger partial charge in [-0.3, -0.25) is 9.36 Å². The highest BCUT2D eigenvalue weighted by atomic mass is 32.1. The fraction of sp³-hybridized carbons (Fsp3) is 0.294. The standard InChI is InChI=1S/C17H18N2O3S/c1-11-4-3-5-12(2)15(11)22-9-13(20)8-19-10-18-16-14(17(19)21)6-7-23-16/h3-7,10,13,20H,8-9H2,1-2H3. The lowest BCUT2D eigenvalue weighted by Crippen LogP contribution is -2.30. The highest BCUT2D eigenvalue weighted by molar-refractivity contribution is 7.16. The third-order valence-electron chi connectivity index (χ3n) is 3.69. The number of hydrogen-bond acceptors (Lipinski definition) is 5. The maximum atomic E-state index is 12.3. The second-order valence-electron chi connectivity index (χ2n) is 5.53. The second kappa shape index (κ2) is 6.52. The zero-order valence-electron chi connectivity index (χ0n) is 13.0. The summed E-state index contributed by atoms with van der Waals surface area (Å²) in [5, 5.41) is 12.6. The molecule has 1 N–H and O–H groups in total. The quantitative estimate of drug-likeness (QED) is 0.781. The van der Waals surface area contributed by atoms with Crippen molar-refractivity contribution in [1.82, 2.24) is 9.55 Å². The Hall–Kier alpha value is -2.18. The Labute approximate surface area is 137 Å². The van der Waals surface area contributed by atoms with Gasteiger partial charge in [0.2, 0.25) is 0 Å². The molecule has 6 heteroatoms. The lowest BCUT2D eigenvalue weighted by Gasteiger charge is -2.16. The fourth-order valence-electron chi connectivity index (χ4n) is 2.51. The van der Waals surface area contributed by atoms with E-state index in [9.17, 15) is 9.90 Å². The van der Waals surface area contributed by atoms with Crippen LogP contribution in [0.4, 0.5) is 0 Å². The smallest absolute Gasteiger partial charge is 0.262 e. The van der Waals surface area contributed by atoms with Gasteiger partial charge in [0.05, 0.1) is 18.3 Å². The predicted molar refractivity (Wildman–Crippen MR) is 91.3 cm³/mol. The number of rotatable bonds is 5. The Bertz CT molecular complexity index is 865. The molecule has 23 heavy (non-hydrogen) atoms. The van der Waals surface area contributed by atoms with Crippen LogP contribution in [0.15, 0.2) is 40.8 Å². The van der Waals surface area contributed by atoms with Crippen molar-refractivity contribution < 1.29 is 9.84 Å². The molecular weight excluding hydrogens is 312 g/mol. The van der Waals surface area contributed by atoms with E-state index in [-0.39, 0.29) is 18.7 Å². The Morgan fingerprint density at radius 1 is 1.30 bits per heavy atom. The third kappa shape index (κ3) is 3.28. The highest BCUT2D eigenvalue weighted by Gasteiger charge is 2.12. The summed E-state index contributed by atoms with van der Waals surface area (Å²) in [6.07, 6.45) is 0.688. The first-order valence-corrected chi connectivity index (χ1v) is 8.24. The average Bonchev–Trinajstić information content (AvgIpc) is 2.99. The summed E-state index contributed by atoms with van der Waals surface area (Å²) in [4.78, 5) is 17.2. The maximum absolute atomic E-state index is 12.3. The molecule has 0 aliphatic rings. The van der Waals surface area contributed by atoms with Crippen molar-refractivity contribution in [3.63, 3.8) is 0 Å². The van der Waals surface area contributed by atoms with Gasteiger partial charge in [0.1, 0.15) is 23.3 Å². The molecule has 5 nitrogen and oxygen atoms in total. The molecule has 0 radical (unpaired) electrons. The van der Waals surface area contributed by atoms with E-state index in [0.717, 1.165) is 16.9 Å². The molecule has 2 heterocycles. The fourth-order valence-corrected chi connectivity index (χ4v) is 3.23. The van der Waals surface area contributed by atoms with Crippen LogP contribution in [-0.2, 0) is 6.54 Å². The first-order valence-electron chi connectivity index (χ1n) is 7.36. The van der Waals surface area contributed by atoms with Crippen molar-refractivity contribution in [2.75, 3.05) is 6.61 Å². The van der Waals surface area contributed by atoms with Crippen molar-refractivity contribution >= 4 is 21.6 Å². The van der Waals surface area contributed by atoms with Gasteiger partial charge in [-0.25, -0.2) is 4.98 Å². The van der Waals surface area contributed by atoms with Crippen LogP contribution in [0.3, 0.4) is 0 Å². The highest BCUT2D eigenvalue weighted by Crippen LogP contribution is 2.22. The third-order valence-corrected chi connectivity index (χ3v) is 4.51. The molecule has 0 bridgehead atoms. The van der Waals surface area contributed by atoms with Gasteiger partial charge in [-0.05, 0) is 36.4 Å². The van der Waals surface area contributed by atoms with Crippen LogP contribution < -0.4 is 10.3 Å². The van der Waals surface area contributed by atoms with Crippen molar-refractivity contribution in [3.8, 4) is 5.75 Å². The number of aromatic nitrogens is 2. The van der Waals surface area contributed by atoms with Crippen LogP contribution in [0.2, 0.25) is 0 Å². The van der Waals surface area contributed by atoms with Crippen molar-refractivity contribution in [3.05, 3.63) is 57.5 Å². The molecule has 0 aliphatic carbocycles. The van der Waals surface area contributed by atoms with Crippen LogP contribution in [0, 0.1) is 13.8 Å². The molecule has 0 amide bonds. The Kier molecular flexibility index (Phi) is 4.45. The van der Waals surface area contributed by atoms with E-state index in [2.05, 4.69) is 4.98 Å². The van der Waals surface area contributed by atoms with Gasteiger partial charge in [0, 0.05) is 0 Å². The molecule has 1 aromatic carbocycles. The number of thiophene rings is 1. The summed E-state index contributed by atoms with van der Waals surface area (Å²) in [7, 11) is 0. The molecule has 3 rings (SSSR count). The van der Waals surface area contributed by atoms with Crippen LogP contribution in [0.1, 0.15) is 11.1 Å². The number of para-hydroxylation sites is 1. The molecule has 0 saturated heterocycles. The number of fused-ring (bicyclic) bond motifs is 1. The average molecular weight is 330 g/mol. The van der Waals surface area contributed by atoms with Gasteiger partial charge >= 0.3 is 0 Å². The summed E-state index contributed by atoms with van der Waals surface area (Å²) in [6, 6.07) is 7.65. The molecule has 2 aromatic heterocycles. The maximum Gasteiger partial charge on any atom is 0.262 e. The predicted octanol–water partition coefficient (Wildman–Crippen LogP) is 2.51. The number of hydrogen-bond donors (Lipinski definition) is 1. The first kappa shape index (κ1) is 15.7. The Morgan fingerprint density at radius 2 is 2.04 bits per heavy atom. The van der Waals surface area contributed by atoms with Crippen LogP contribution >= 0.6 is 11.3 Å². The van der Waals surface area contributed by atoms with Crippen molar-refractivity contribution in [2.24, 2.45) is 0 Å². The summed E-state index contributed by atoms with van der Waals surface area (Å²) in [5.41, 5.74) is 1.91. The second-order valence-corrected chi connectivity index (χ2v) is 6.42. The van der Waals surface area contributed by atoms with Crippen LogP contribution in [-0.4, -0.2) is 27.4 Å². The molecule has 0 saturated carbocycles. The molecular formula is C17H18N2O3S. The lowest BCUT2D eigenvalue weighted by molar-refractivity contribution is 0.0908. The monoisotopic (exact) mass is 330 g/mol. The van der Waals surface area contributed by atoms with E-state index in [1.54, 1.807) is 6.07 Å². The zero-order chi connectivity index (χ0) is 16.4. The Morgan fingerprint density at radius 3 is 2.78 bits per heavy atom. The molecule has 0 aliphatic heterocycles. The van der Waals surface area contributed by atoms with Crippen LogP contribution in [0.5, 0.6) is 5.75 Å². The van der Waals surface area contributed by atoms with Crippen LogP contribution in [0.25, 0.3) is 10.2 Å². The molecule has 0 fully saturated rings. The molecule has 0 spiro atoms. The molecule has 120 valence electrons. The lowest BCUT2D eigenvalue weighted by atomic mass is 10.1. The minimum atomic E-state index is -0.787. The zero-order valence-corrected chi connectivity index (χ0v) is 13.8. The molecule has 3 aromatic rings. The number of aryl methyl sites for hydroxylation is 2. The number of aliphatic hydroxyl groups is 1. The number of aliphatic hydroxyl groups excluding tert-OH is 1. The van der Waals surface area contributed by atoms with E-state index in [0.29, 0.717) is 10.2 Å². The number of benzene rings is 1.